The highest BCUT2D eigenvalue weighted by Crippen LogP contribution is 2.40. The fourth-order valence-corrected chi connectivity index (χ4v) is 1.82. The van der Waals surface area contributed by atoms with Crippen LogP contribution in [0.5, 0.6) is 11.5 Å². The molecule has 0 bridgehead atoms. The van der Waals surface area contributed by atoms with Gasteiger partial charge in [-0.3, -0.25) is 10.1 Å². The number of hydrogen-bond donors (Lipinski definition) is 0. The number of nitrogens with zero attached hydrogens (tertiary/aromatic N) is 1. The Morgan fingerprint density at radius 1 is 1.08 bits per heavy atom. The second-order valence-corrected chi connectivity index (χ2v) is 4.45. The number of methoxy groups -OCH3 is 2. The lowest BCUT2D eigenvalue weighted by Crippen LogP contribution is -2.13. The predicted octanol–water partition coefficient (Wildman–Crippen LogP) is 1.82. The van der Waals surface area contributed by atoms with E-state index < -0.39 is 16.6 Å². The molecule has 0 N–H and O–H groups in total. The van der Waals surface area contributed by atoms with Crippen LogP contribution in [0, 0.1) is 10.1 Å². The monoisotopic (exact) mass is 343 g/mol. The van der Waals surface area contributed by atoms with E-state index in [-0.39, 0.29) is 43.5 Å². The van der Waals surface area contributed by atoms with E-state index >= 15 is 0 Å². The normalized spacial score (nSPS) is 10.3. The van der Waals surface area contributed by atoms with Crippen molar-refractivity contribution in [2.45, 2.75) is 6.92 Å². The Balaban J connectivity index is 3.26. The van der Waals surface area contributed by atoms with Crippen molar-refractivity contribution in [1.29, 1.82) is 0 Å². The van der Waals surface area contributed by atoms with E-state index in [0.29, 0.717) is 6.61 Å². The number of carbonyl (C=O) groups is 1. The molecule has 1 aromatic rings. The Morgan fingerprint density at radius 2 is 1.71 bits per heavy atom. The number of rotatable bonds is 11. The molecule has 0 aliphatic carbocycles. The molecule has 0 saturated heterocycles. The minimum absolute atomic E-state index is 0.0598. The van der Waals surface area contributed by atoms with Crippen molar-refractivity contribution < 1.29 is 33.4 Å². The minimum atomic E-state index is -0.802. The van der Waals surface area contributed by atoms with Gasteiger partial charge in [-0.15, -0.1) is 0 Å². The summed E-state index contributed by atoms with van der Waals surface area (Å²) < 4.78 is 25.5. The Bertz CT molecular complexity index is 561. The number of hydrogen-bond acceptors (Lipinski definition) is 8. The van der Waals surface area contributed by atoms with Gasteiger partial charge in [0.2, 0.25) is 5.75 Å². The second-order valence-electron chi connectivity index (χ2n) is 4.45. The number of ether oxygens (including phenoxy) is 5. The number of benzene rings is 1. The summed E-state index contributed by atoms with van der Waals surface area (Å²) in [5, 5.41) is 11.5. The Hall–Kier alpha value is -2.39. The van der Waals surface area contributed by atoms with Gasteiger partial charge in [-0.1, -0.05) is 0 Å². The lowest BCUT2D eigenvalue weighted by Gasteiger charge is -2.14. The zero-order valence-electron chi connectivity index (χ0n) is 13.9. The Morgan fingerprint density at radius 3 is 2.25 bits per heavy atom. The third-order valence-electron chi connectivity index (χ3n) is 2.85. The average molecular weight is 343 g/mol. The third-order valence-corrected chi connectivity index (χ3v) is 2.85. The van der Waals surface area contributed by atoms with Crippen LogP contribution in [0.3, 0.4) is 0 Å². The van der Waals surface area contributed by atoms with Gasteiger partial charge in [-0.2, -0.15) is 0 Å². The van der Waals surface area contributed by atoms with Crippen molar-refractivity contribution in [1.82, 2.24) is 0 Å². The van der Waals surface area contributed by atoms with Crippen molar-refractivity contribution in [3.63, 3.8) is 0 Å². The topological polar surface area (TPSA) is 106 Å². The molecule has 0 saturated carbocycles. The predicted molar refractivity (Wildman–Crippen MR) is 83.8 cm³/mol. The van der Waals surface area contributed by atoms with Gasteiger partial charge < -0.3 is 23.7 Å². The van der Waals surface area contributed by atoms with Crippen LogP contribution >= 0.6 is 0 Å². The molecular formula is C15H21NO8. The molecule has 9 heteroatoms. The highest BCUT2D eigenvalue weighted by Gasteiger charge is 2.30. The van der Waals surface area contributed by atoms with Crippen LogP contribution in [0.15, 0.2) is 12.1 Å². The molecule has 9 nitrogen and oxygen atoms in total. The van der Waals surface area contributed by atoms with Gasteiger partial charge in [0.15, 0.2) is 5.75 Å². The SMILES string of the molecule is CCOC(=O)c1ccc(OCCOC)c(OCCOC)c1[N+](=O)[O-]. The summed E-state index contributed by atoms with van der Waals surface area (Å²) in [4.78, 5) is 22.7. The smallest absolute Gasteiger partial charge is 0.345 e. The molecule has 0 fully saturated rings. The van der Waals surface area contributed by atoms with E-state index in [9.17, 15) is 14.9 Å². The van der Waals surface area contributed by atoms with Crippen LogP contribution in [0.2, 0.25) is 0 Å². The summed E-state index contributed by atoms with van der Waals surface area (Å²) in [7, 11) is 2.98. The van der Waals surface area contributed by atoms with Crippen molar-refractivity contribution in [3.05, 3.63) is 27.8 Å². The first-order chi connectivity index (χ1) is 11.6. The van der Waals surface area contributed by atoms with E-state index in [1.54, 1.807) is 6.92 Å². The lowest BCUT2D eigenvalue weighted by atomic mass is 10.1. The summed E-state index contributed by atoms with van der Waals surface area (Å²) >= 11 is 0. The average Bonchev–Trinajstić information content (AvgIpc) is 2.55. The van der Waals surface area contributed by atoms with Crippen LogP contribution in [0.1, 0.15) is 17.3 Å². The molecule has 0 radical (unpaired) electrons. The van der Waals surface area contributed by atoms with E-state index in [2.05, 4.69) is 0 Å². The zero-order chi connectivity index (χ0) is 17.9. The minimum Gasteiger partial charge on any atom is -0.487 e. The maximum atomic E-state index is 12.0. The van der Waals surface area contributed by atoms with Gasteiger partial charge in [0, 0.05) is 14.2 Å². The fraction of sp³-hybridized carbons (Fsp3) is 0.533. The van der Waals surface area contributed by atoms with E-state index in [0.717, 1.165) is 0 Å². The van der Waals surface area contributed by atoms with Crippen LogP contribution in [0.25, 0.3) is 0 Å². The quantitative estimate of drug-likeness (QED) is 0.259. The molecule has 134 valence electrons. The van der Waals surface area contributed by atoms with E-state index in [4.69, 9.17) is 23.7 Å². The van der Waals surface area contributed by atoms with Gasteiger partial charge in [0.05, 0.1) is 24.7 Å². The summed E-state index contributed by atoms with van der Waals surface area (Å²) in [5.74, 6) is -0.800. The van der Waals surface area contributed by atoms with Crippen molar-refractivity contribution in [2.24, 2.45) is 0 Å². The van der Waals surface area contributed by atoms with E-state index in [1.807, 2.05) is 0 Å². The second kappa shape index (κ2) is 10.4. The lowest BCUT2D eigenvalue weighted by molar-refractivity contribution is -0.386. The largest absolute Gasteiger partial charge is 0.487 e. The number of carbonyl (C=O) groups excluding carboxylic acids is 1. The molecule has 0 aliphatic rings. The maximum Gasteiger partial charge on any atom is 0.345 e. The van der Waals surface area contributed by atoms with Crippen LogP contribution in [-0.2, 0) is 14.2 Å². The summed E-state index contributed by atoms with van der Waals surface area (Å²) in [5.41, 5.74) is -0.701. The number of nitro benzene ring substituents is 1. The molecular weight excluding hydrogens is 322 g/mol. The number of nitro groups is 1. The van der Waals surface area contributed by atoms with Gasteiger partial charge in [-0.05, 0) is 19.1 Å². The number of esters is 1. The van der Waals surface area contributed by atoms with Crippen LogP contribution < -0.4 is 9.47 Å². The maximum absolute atomic E-state index is 12.0. The molecule has 24 heavy (non-hydrogen) atoms. The van der Waals surface area contributed by atoms with Crippen molar-refractivity contribution >= 4 is 11.7 Å². The standard InChI is InChI=1S/C15H21NO8/c1-4-22-15(17)11-5-6-12(23-9-7-20-2)14(13(11)16(18)19)24-10-8-21-3/h5-6H,4,7-10H2,1-3H3. The third kappa shape index (κ3) is 5.36. The first kappa shape index (κ1) is 19.7. The molecule has 0 spiro atoms. The molecule has 0 aliphatic heterocycles. The molecule has 0 amide bonds. The van der Waals surface area contributed by atoms with Crippen LogP contribution in [-0.4, -0.2) is 58.1 Å². The summed E-state index contributed by atoms with van der Waals surface area (Å²) in [6, 6.07) is 2.71. The van der Waals surface area contributed by atoms with Gasteiger partial charge in [0.25, 0.3) is 0 Å². The van der Waals surface area contributed by atoms with Gasteiger partial charge in [-0.25, -0.2) is 4.79 Å². The molecule has 1 aromatic carbocycles. The highest BCUT2D eigenvalue weighted by molar-refractivity contribution is 5.96. The molecule has 0 aromatic heterocycles. The van der Waals surface area contributed by atoms with E-state index in [1.165, 1.54) is 26.4 Å². The van der Waals surface area contributed by atoms with Gasteiger partial charge in [0.1, 0.15) is 18.8 Å². The zero-order valence-corrected chi connectivity index (χ0v) is 13.9. The fourth-order valence-electron chi connectivity index (χ4n) is 1.82. The highest BCUT2D eigenvalue weighted by atomic mass is 16.6. The molecule has 1 rings (SSSR count). The van der Waals surface area contributed by atoms with Crippen molar-refractivity contribution in [2.75, 3.05) is 47.3 Å². The first-order valence-electron chi connectivity index (χ1n) is 7.28. The van der Waals surface area contributed by atoms with Gasteiger partial charge >= 0.3 is 11.7 Å². The molecule has 0 heterocycles. The molecule has 0 atom stereocenters. The first-order valence-corrected chi connectivity index (χ1v) is 7.28. The summed E-state index contributed by atoms with van der Waals surface area (Å²) in [6.45, 7) is 2.46. The Labute approximate surface area is 139 Å². The Kier molecular flexibility index (Phi) is 8.52. The van der Waals surface area contributed by atoms with Crippen LogP contribution in [0.4, 0.5) is 5.69 Å². The summed E-state index contributed by atoms with van der Waals surface area (Å²) in [6.07, 6.45) is 0. The molecule has 0 unspecified atom stereocenters. The van der Waals surface area contributed by atoms with Crippen molar-refractivity contribution in [3.8, 4) is 11.5 Å².